The maximum atomic E-state index is 12.5. The fourth-order valence-electron chi connectivity index (χ4n) is 3.42. The summed E-state index contributed by atoms with van der Waals surface area (Å²) >= 11 is 1.65. The highest BCUT2D eigenvalue weighted by Gasteiger charge is 2.16. The lowest BCUT2D eigenvalue weighted by atomic mass is 10.1. The molecule has 0 aliphatic carbocycles. The standard InChI is InChI=1S/C21H23N7OS/c1-13-18(8-11-21(29)22-16-6-5-7-17(12-16)30-4)14(2)27(25-13)20-10-9-19-24-23-15(3)28(19)26-20/h5-7,9-10,12H,8,11H2,1-4H3,(H,22,29). The molecule has 1 aromatic carbocycles. The van der Waals surface area contributed by atoms with Gasteiger partial charge in [-0.3, -0.25) is 4.79 Å². The molecule has 1 N–H and O–H groups in total. The minimum absolute atomic E-state index is 0.0144. The van der Waals surface area contributed by atoms with Crippen LogP contribution in [0.1, 0.15) is 29.2 Å². The van der Waals surface area contributed by atoms with Crippen LogP contribution in [0.4, 0.5) is 5.69 Å². The summed E-state index contributed by atoms with van der Waals surface area (Å²) in [7, 11) is 0. The number of thioether (sulfide) groups is 1. The van der Waals surface area contributed by atoms with Gasteiger partial charge in [-0.05, 0) is 69.3 Å². The normalized spacial score (nSPS) is 11.2. The van der Waals surface area contributed by atoms with Crippen molar-refractivity contribution in [2.45, 2.75) is 38.5 Å². The molecule has 0 spiro atoms. The molecule has 3 heterocycles. The number of hydrogen-bond donors (Lipinski definition) is 1. The van der Waals surface area contributed by atoms with Gasteiger partial charge in [0, 0.05) is 22.7 Å². The van der Waals surface area contributed by atoms with Crippen molar-refractivity contribution in [2.24, 2.45) is 0 Å². The zero-order valence-corrected chi connectivity index (χ0v) is 18.2. The number of carbonyl (C=O) groups is 1. The molecule has 0 unspecified atom stereocenters. The zero-order chi connectivity index (χ0) is 21.3. The first-order valence-electron chi connectivity index (χ1n) is 9.64. The summed E-state index contributed by atoms with van der Waals surface area (Å²) < 4.78 is 3.50. The van der Waals surface area contributed by atoms with Crippen molar-refractivity contribution in [1.29, 1.82) is 0 Å². The minimum Gasteiger partial charge on any atom is -0.326 e. The highest BCUT2D eigenvalue weighted by atomic mass is 32.2. The van der Waals surface area contributed by atoms with E-state index >= 15 is 0 Å². The molecule has 9 heteroatoms. The van der Waals surface area contributed by atoms with Gasteiger partial charge in [-0.2, -0.15) is 9.61 Å². The average Bonchev–Trinajstić information content (AvgIpc) is 3.25. The number of rotatable bonds is 6. The number of nitrogens with one attached hydrogen (secondary N) is 1. The van der Waals surface area contributed by atoms with E-state index in [-0.39, 0.29) is 5.91 Å². The van der Waals surface area contributed by atoms with Crippen molar-refractivity contribution >= 4 is 29.0 Å². The van der Waals surface area contributed by atoms with Crippen LogP contribution < -0.4 is 5.32 Å². The monoisotopic (exact) mass is 421 g/mol. The molecule has 30 heavy (non-hydrogen) atoms. The van der Waals surface area contributed by atoms with Crippen molar-refractivity contribution in [3.63, 3.8) is 0 Å². The van der Waals surface area contributed by atoms with Crippen LogP contribution in [0.2, 0.25) is 0 Å². The van der Waals surface area contributed by atoms with Crippen LogP contribution >= 0.6 is 11.8 Å². The van der Waals surface area contributed by atoms with Crippen LogP contribution in [0.15, 0.2) is 41.3 Å². The van der Waals surface area contributed by atoms with Crippen LogP contribution in [0.5, 0.6) is 0 Å². The third-order valence-electron chi connectivity index (χ3n) is 5.02. The van der Waals surface area contributed by atoms with Crippen LogP contribution in [0.25, 0.3) is 11.5 Å². The Labute approximate surface area is 178 Å². The zero-order valence-electron chi connectivity index (χ0n) is 17.4. The van der Waals surface area contributed by atoms with Gasteiger partial charge in [0.05, 0.1) is 5.69 Å². The molecule has 1 amide bonds. The largest absolute Gasteiger partial charge is 0.326 e. The van der Waals surface area contributed by atoms with Crippen LogP contribution in [0, 0.1) is 20.8 Å². The second-order valence-electron chi connectivity index (χ2n) is 7.05. The van der Waals surface area contributed by atoms with E-state index in [0.29, 0.717) is 24.3 Å². The Morgan fingerprint density at radius 1 is 1.10 bits per heavy atom. The number of aryl methyl sites for hydroxylation is 2. The second-order valence-corrected chi connectivity index (χ2v) is 7.93. The number of aromatic nitrogens is 6. The van der Waals surface area contributed by atoms with Crippen molar-refractivity contribution < 1.29 is 4.79 Å². The number of anilines is 1. The summed E-state index contributed by atoms with van der Waals surface area (Å²) in [5.74, 6) is 1.39. The Kier molecular flexibility index (Phi) is 5.54. The number of amides is 1. The highest BCUT2D eigenvalue weighted by Crippen LogP contribution is 2.21. The van der Waals surface area contributed by atoms with E-state index in [1.165, 1.54) is 0 Å². The maximum Gasteiger partial charge on any atom is 0.224 e. The number of fused-ring (bicyclic) bond motifs is 1. The minimum atomic E-state index is -0.0144. The third-order valence-corrected chi connectivity index (χ3v) is 5.74. The van der Waals surface area contributed by atoms with E-state index in [0.717, 1.165) is 33.4 Å². The quantitative estimate of drug-likeness (QED) is 0.479. The Bertz CT molecular complexity index is 1230. The molecule has 8 nitrogen and oxygen atoms in total. The van der Waals surface area contributed by atoms with Crippen LogP contribution in [0.3, 0.4) is 0 Å². The molecule has 4 rings (SSSR count). The third kappa shape index (κ3) is 3.93. The molecule has 0 bridgehead atoms. The van der Waals surface area contributed by atoms with E-state index in [4.69, 9.17) is 0 Å². The molecule has 0 saturated heterocycles. The first kappa shape index (κ1) is 20.1. The van der Waals surface area contributed by atoms with E-state index in [1.807, 2.05) is 68.1 Å². The fourth-order valence-corrected chi connectivity index (χ4v) is 3.88. The average molecular weight is 422 g/mol. The van der Waals surface area contributed by atoms with Crippen molar-refractivity contribution in [2.75, 3.05) is 11.6 Å². The number of benzene rings is 1. The molecule has 0 atom stereocenters. The summed E-state index contributed by atoms with van der Waals surface area (Å²) in [6.45, 7) is 5.82. The van der Waals surface area contributed by atoms with E-state index in [2.05, 4.69) is 25.7 Å². The van der Waals surface area contributed by atoms with Gasteiger partial charge in [0.15, 0.2) is 17.3 Å². The summed E-state index contributed by atoms with van der Waals surface area (Å²) in [6.07, 6.45) is 3.01. The van der Waals surface area contributed by atoms with Gasteiger partial charge in [0.1, 0.15) is 0 Å². The van der Waals surface area contributed by atoms with Crippen molar-refractivity contribution in [3.8, 4) is 5.82 Å². The number of carbonyl (C=O) groups excluding carboxylic acids is 1. The molecule has 0 saturated carbocycles. The second kappa shape index (κ2) is 8.27. The van der Waals surface area contributed by atoms with E-state index in [1.54, 1.807) is 16.3 Å². The predicted molar refractivity (Wildman–Crippen MR) is 117 cm³/mol. The summed E-state index contributed by atoms with van der Waals surface area (Å²) in [5, 5.41) is 20.3. The summed E-state index contributed by atoms with van der Waals surface area (Å²) in [5.41, 5.74) is 4.44. The Balaban J connectivity index is 1.50. The lowest BCUT2D eigenvalue weighted by Gasteiger charge is -2.07. The number of nitrogens with zero attached hydrogens (tertiary/aromatic N) is 6. The van der Waals surface area contributed by atoms with Crippen LogP contribution in [-0.2, 0) is 11.2 Å². The number of hydrogen-bond acceptors (Lipinski definition) is 6. The van der Waals surface area contributed by atoms with Gasteiger partial charge in [0.25, 0.3) is 0 Å². The Hall–Kier alpha value is -3.20. The van der Waals surface area contributed by atoms with E-state index < -0.39 is 0 Å². The molecule has 0 aliphatic heterocycles. The van der Waals surface area contributed by atoms with Crippen molar-refractivity contribution in [3.05, 3.63) is 59.2 Å². The smallest absolute Gasteiger partial charge is 0.224 e. The van der Waals surface area contributed by atoms with Crippen molar-refractivity contribution in [1.82, 2.24) is 29.6 Å². The molecule has 3 aromatic heterocycles. The summed E-state index contributed by atoms with van der Waals surface area (Å²) in [4.78, 5) is 13.6. The van der Waals surface area contributed by atoms with Gasteiger partial charge in [-0.25, -0.2) is 4.68 Å². The Morgan fingerprint density at radius 3 is 2.73 bits per heavy atom. The highest BCUT2D eigenvalue weighted by molar-refractivity contribution is 7.98. The van der Waals surface area contributed by atoms with Gasteiger partial charge in [-0.1, -0.05) is 6.07 Å². The lowest BCUT2D eigenvalue weighted by molar-refractivity contribution is -0.116. The summed E-state index contributed by atoms with van der Waals surface area (Å²) in [6, 6.07) is 11.6. The van der Waals surface area contributed by atoms with Crippen LogP contribution in [-0.4, -0.2) is 41.8 Å². The molecular weight excluding hydrogens is 398 g/mol. The molecule has 0 radical (unpaired) electrons. The van der Waals surface area contributed by atoms with Gasteiger partial charge >= 0.3 is 0 Å². The lowest BCUT2D eigenvalue weighted by Crippen LogP contribution is -2.13. The maximum absolute atomic E-state index is 12.5. The Morgan fingerprint density at radius 2 is 1.93 bits per heavy atom. The predicted octanol–water partition coefficient (Wildman–Crippen LogP) is 3.53. The molecular formula is C21H23N7OS. The van der Waals surface area contributed by atoms with Gasteiger partial charge in [0.2, 0.25) is 5.91 Å². The molecule has 4 aromatic rings. The SMILES string of the molecule is CSc1cccc(NC(=O)CCc2c(C)nn(-c3ccc4nnc(C)n4n3)c2C)c1. The fraction of sp³-hybridized carbons (Fsp3) is 0.286. The van der Waals surface area contributed by atoms with Gasteiger partial charge in [-0.15, -0.1) is 27.1 Å². The first-order valence-corrected chi connectivity index (χ1v) is 10.9. The first-order chi connectivity index (χ1) is 14.5. The topological polar surface area (TPSA) is 90.0 Å². The molecule has 0 fully saturated rings. The molecule has 154 valence electrons. The van der Waals surface area contributed by atoms with Gasteiger partial charge < -0.3 is 5.32 Å². The van der Waals surface area contributed by atoms with E-state index in [9.17, 15) is 4.79 Å². The molecule has 0 aliphatic rings.